The van der Waals surface area contributed by atoms with Crippen LogP contribution < -0.4 is 15.0 Å². The monoisotopic (exact) mass is 500 g/mol. The molecule has 166 valence electrons. The maximum atomic E-state index is 13.1. The number of nitrogens with zero attached hydrogens (tertiary/aromatic N) is 1. The Morgan fingerprint density at radius 2 is 1.58 bits per heavy atom. The minimum Gasteiger partial charge on any atom is -0.488 e. The van der Waals surface area contributed by atoms with Gasteiger partial charge >= 0.3 is 6.03 Å². The number of carbonyl (C=O) groups excluding carboxylic acids is 3. The Labute approximate surface area is 204 Å². The topological polar surface area (TPSA) is 75.7 Å². The molecule has 4 rings (SSSR count). The van der Waals surface area contributed by atoms with E-state index in [0.717, 1.165) is 10.5 Å². The third-order valence-electron chi connectivity index (χ3n) is 4.82. The molecule has 3 aromatic carbocycles. The first-order chi connectivity index (χ1) is 15.8. The lowest BCUT2D eigenvalue weighted by atomic mass is 10.1. The Hall–Kier alpha value is -3.32. The van der Waals surface area contributed by atoms with E-state index in [9.17, 15) is 14.4 Å². The van der Waals surface area contributed by atoms with Gasteiger partial charge in [0.15, 0.2) is 0 Å². The van der Waals surface area contributed by atoms with E-state index in [0.29, 0.717) is 16.3 Å². The summed E-state index contributed by atoms with van der Waals surface area (Å²) in [6.07, 6.45) is 1.37. The van der Waals surface area contributed by atoms with E-state index in [4.69, 9.17) is 39.5 Å². The van der Waals surface area contributed by atoms with E-state index in [2.05, 4.69) is 5.32 Å². The Morgan fingerprint density at radius 3 is 2.33 bits per heavy atom. The highest BCUT2D eigenvalue weighted by Gasteiger charge is 2.37. The van der Waals surface area contributed by atoms with Gasteiger partial charge in [-0.3, -0.25) is 14.9 Å². The van der Waals surface area contributed by atoms with Gasteiger partial charge in [0.2, 0.25) is 0 Å². The molecule has 0 aliphatic carbocycles. The molecule has 0 bridgehead atoms. The SMILES string of the molecule is O=C1NC(=O)N(c2ccc(Cl)c(Cl)c2)C(=O)/C1=C/c1ccccc1OCc1ccccc1Cl. The second-order valence-electron chi connectivity index (χ2n) is 6.97. The highest BCUT2D eigenvalue weighted by Crippen LogP contribution is 2.30. The van der Waals surface area contributed by atoms with Crippen molar-refractivity contribution in [3.05, 3.63) is 98.5 Å². The maximum absolute atomic E-state index is 13.1. The van der Waals surface area contributed by atoms with Crippen molar-refractivity contribution < 1.29 is 19.1 Å². The number of rotatable bonds is 5. The molecule has 6 nitrogen and oxygen atoms in total. The number of urea groups is 1. The van der Waals surface area contributed by atoms with Gasteiger partial charge < -0.3 is 4.74 Å². The molecule has 0 unspecified atom stereocenters. The second-order valence-corrected chi connectivity index (χ2v) is 8.20. The van der Waals surface area contributed by atoms with E-state index < -0.39 is 17.8 Å². The van der Waals surface area contributed by atoms with Gasteiger partial charge in [0.1, 0.15) is 17.9 Å². The quantitative estimate of drug-likeness (QED) is 0.349. The average molecular weight is 502 g/mol. The van der Waals surface area contributed by atoms with Crippen LogP contribution in [0.3, 0.4) is 0 Å². The minimum absolute atomic E-state index is 0.163. The largest absolute Gasteiger partial charge is 0.488 e. The van der Waals surface area contributed by atoms with Gasteiger partial charge in [0, 0.05) is 16.1 Å². The summed E-state index contributed by atoms with van der Waals surface area (Å²) in [5, 5.41) is 3.16. The Balaban J connectivity index is 1.66. The Kier molecular flexibility index (Phi) is 6.70. The third-order valence-corrected chi connectivity index (χ3v) is 5.93. The van der Waals surface area contributed by atoms with Crippen molar-refractivity contribution in [1.82, 2.24) is 5.32 Å². The predicted octanol–water partition coefficient (Wildman–Crippen LogP) is 5.89. The van der Waals surface area contributed by atoms with Crippen molar-refractivity contribution >= 4 is 64.4 Å². The van der Waals surface area contributed by atoms with Crippen molar-refractivity contribution in [2.24, 2.45) is 0 Å². The standard InChI is InChI=1S/C24H15Cl3N2O4/c25-18-7-3-1-6-15(18)13-33-21-8-4-2-5-14(21)11-17-22(30)28-24(32)29(23(17)31)16-9-10-19(26)20(27)12-16/h1-12H,13H2,(H,28,30,32)/b17-11+. The average Bonchev–Trinajstić information content (AvgIpc) is 2.79. The molecule has 3 aromatic rings. The van der Waals surface area contributed by atoms with Gasteiger partial charge in [0.25, 0.3) is 11.8 Å². The maximum Gasteiger partial charge on any atom is 0.335 e. The fourth-order valence-corrected chi connectivity index (χ4v) is 3.66. The lowest BCUT2D eigenvalue weighted by molar-refractivity contribution is -0.122. The normalized spacial score (nSPS) is 15.1. The molecule has 1 N–H and O–H groups in total. The van der Waals surface area contributed by atoms with Gasteiger partial charge in [-0.25, -0.2) is 9.69 Å². The number of barbiturate groups is 1. The molecule has 9 heteroatoms. The first-order valence-electron chi connectivity index (χ1n) is 9.67. The van der Waals surface area contributed by atoms with Crippen LogP contribution in [-0.2, 0) is 16.2 Å². The van der Waals surface area contributed by atoms with Gasteiger partial charge in [-0.1, -0.05) is 71.2 Å². The molecule has 0 atom stereocenters. The summed E-state index contributed by atoms with van der Waals surface area (Å²) in [5.74, 6) is -1.19. The highest BCUT2D eigenvalue weighted by molar-refractivity contribution is 6.43. The van der Waals surface area contributed by atoms with Crippen LogP contribution in [0.5, 0.6) is 5.75 Å². The molecule has 0 saturated carbocycles. The predicted molar refractivity (Wildman–Crippen MR) is 128 cm³/mol. The first-order valence-corrected chi connectivity index (χ1v) is 10.8. The van der Waals surface area contributed by atoms with Crippen LogP contribution in [0.15, 0.2) is 72.3 Å². The fourth-order valence-electron chi connectivity index (χ4n) is 3.17. The summed E-state index contributed by atoms with van der Waals surface area (Å²) in [7, 11) is 0. The second kappa shape index (κ2) is 9.67. The molecule has 1 aliphatic rings. The molecule has 0 spiro atoms. The molecule has 1 saturated heterocycles. The Bertz CT molecular complexity index is 1310. The molecule has 1 heterocycles. The van der Waals surface area contributed by atoms with Crippen molar-refractivity contribution in [1.29, 1.82) is 0 Å². The van der Waals surface area contributed by atoms with E-state index in [-0.39, 0.29) is 27.9 Å². The number of ether oxygens (including phenoxy) is 1. The van der Waals surface area contributed by atoms with Crippen LogP contribution in [0.4, 0.5) is 10.5 Å². The smallest absolute Gasteiger partial charge is 0.335 e. The zero-order valence-electron chi connectivity index (χ0n) is 16.8. The lowest BCUT2D eigenvalue weighted by Crippen LogP contribution is -2.54. The molecule has 0 radical (unpaired) electrons. The van der Waals surface area contributed by atoms with Crippen molar-refractivity contribution in [2.45, 2.75) is 6.61 Å². The number of amides is 4. The van der Waals surface area contributed by atoms with Crippen molar-refractivity contribution in [3.8, 4) is 5.75 Å². The van der Waals surface area contributed by atoms with Crippen LogP contribution in [0.25, 0.3) is 6.08 Å². The van der Waals surface area contributed by atoms with Crippen LogP contribution in [0.1, 0.15) is 11.1 Å². The molecule has 1 fully saturated rings. The van der Waals surface area contributed by atoms with Gasteiger partial charge in [-0.05, 0) is 36.4 Å². The highest BCUT2D eigenvalue weighted by atomic mass is 35.5. The lowest BCUT2D eigenvalue weighted by Gasteiger charge is -2.26. The van der Waals surface area contributed by atoms with Crippen LogP contribution in [0, 0.1) is 0 Å². The molecular formula is C24H15Cl3N2O4. The number of hydrogen-bond donors (Lipinski definition) is 1. The number of para-hydroxylation sites is 1. The summed E-state index contributed by atoms with van der Waals surface area (Å²) in [5.41, 5.74) is 1.19. The summed E-state index contributed by atoms with van der Waals surface area (Å²) >= 11 is 18.1. The zero-order chi connectivity index (χ0) is 23.5. The Morgan fingerprint density at radius 1 is 0.848 bits per heavy atom. The summed E-state index contributed by atoms with van der Waals surface area (Å²) < 4.78 is 5.89. The van der Waals surface area contributed by atoms with E-state index >= 15 is 0 Å². The molecule has 0 aromatic heterocycles. The number of halogens is 3. The molecule has 33 heavy (non-hydrogen) atoms. The molecule has 1 aliphatic heterocycles. The van der Waals surface area contributed by atoms with Crippen molar-refractivity contribution in [2.75, 3.05) is 4.90 Å². The van der Waals surface area contributed by atoms with E-state index in [1.807, 2.05) is 18.2 Å². The van der Waals surface area contributed by atoms with Crippen LogP contribution >= 0.6 is 34.8 Å². The number of anilines is 1. The minimum atomic E-state index is -0.885. The summed E-state index contributed by atoms with van der Waals surface area (Å²) in [4.78, 5) is 38.8. The molecule has 4 amide bonds. The van der Waals surface area contributed by atoms with Crippen LogP contribution in [-0.4, -0.2) is 17.8 Å². The summed E-state index contributed by atoms with van der Waals surface area (Å²) in [6.45, 7) is 0.188. The van der Waals surface area contributed by atoms with Gasteiger partial charge in [-0.15, -0.1) is 0 Å². The fraction of sp³-hybridized carbons (Fsp3) is 0.0417. The number of nitrogens with one attached hydrogen (secondary N) is 1. The van der Waals surface area contributed by atoms with Crippen molar-refractivity contribution in [3.63, 3.8) is 0 Å². The number of hydrogen-bond acceptors (Lipinski definition) is 4. The first kappa shape index (κ1) is 22.9. The number of imide groups is 2. The number of carbonyl (C=O) groups is 3. The summed E-state index contributed by atoms with van der Waals surface area (Å²) in [6, 6.07) is 17.6. The van der Waals surface area contributed by atoms with Gasteiger partial charge in [0.05, 0.1) is 15.7 Å². The third kappa shape index (κ3) is 4.88. The zero-order valence-corrected chi connectivity index (χ0v) is 19.1. The number of benzene rings is 3. The molecular weight excluding hydrogens is 487 g/mol. The van der Waals surface area contributed by atoms with Crippen LogP contribution in [0.2, 0.25) is 15.1 Å². The van der Waals surface area contributed by atoms with Gasteiger partial charge in [-0.2, -0.15) is 0 Å². The van der Waals surface area contributed by atoms with E-state index in [1.165, 1.54) is 24.3 Å². The van der Waals surface area contributed by atoms with E-state index in [1.54, 1.807) is 30.3 Å².